The fraction of sp³-hybridized carbons (Fsp3) is 0.167. The lowest BCUT2D eigenvalue weighted by Crippen LogP contribution is -2.33. The molecule has 9 nitrogen and oxygen atoms in total. The third-order valence-corrected chi connectivity index (χ3v) is 3.73. The van der Waals surface area contributed by atoms with Crippen LogP contribution >= 0.6 is 23.2 Å². The molecule has 1 aromatic carbocycles. The minimum absolute atomic E-state index is 0.385. The molecular formula is C18H13Cl2N5O4. The van der Waals surface area contributed by atoms with Gasteiger partial charge >= 0.3 is 5.69 Å². The van der Waals surface area contributed by atoms with Gasteiger partial charge < -0.3 is 4.74 Å². The Morgan fingerprint density at radius 2 is 1.97 bits per heavy atom. The second kappa shape index (κ2) is 7.95. The Bertz CT molecular complexity index is 1680. The van der Waals surface area contributed by atoms with E-state index in [1.807, 2.05) is 10.9 Å². The van der Waals surface area contributed by atoms with Crippen molar-refractivity contribution in [2.24, 2.45) is 0 Å². The number of rotatable bonds is 4. The SMILES string of the molecule is [2H]c1c(Cl)c(Oc2n[nH]c(=O)c(C([2H])(C([2H])([2H])[2H])C([2H])([2H])[2H])c2[2H])c(Cl)c([2H])c1-n1nc(C#C)c(=O)[nH]c1=O. The number of nitrogens with zero attached hydrogens (tertiary/aromatic N) is 3. The van der Waals surface area contributed by atoms with Gasteiger partial charge in [0.15, 0.2) is 11.4 Å². The first-order chi connectivity index (χ1) is 17.8. The number of hydrogen-bond donors (Lipinski definition) is 2. The monoisotopic (exact) mass is 443 g/mol. The number of halogens is 2. The van der Waals surface area contributed by atoms with Gasteiger partial charge in [-0.3, -0.25) is 14.6 Å². The molecule has 0 aliphatic heterocycles. The van der Waals surface area contributed by atoms with Crippen LogP contribution in [0.2, 0.25) is 10.0 Å². The fourth-order valence-corrected chi connectivity index (χ4v) is 2.45. The van der Waals surface area contributed by atoms with Crippen molar-refractivity contribution in [1.29, 1.82) is 0 Å². The van der Waals surface area contributed by atoms with Gasteiger partial charge in [0.05, 0.1) is 19.8 Å². The smallest absolute Gasteiger partial charge is 0.349 e. The first-order valence-corrected chi connectivity index (χ1v) is 8.01. The van der Waals surface area contributed by atoms with Crippen molar-refractivity contribution in [3.63, 3.8) is 0 Å². The lowest BCUT2D eigenvalue weighted by molar-refractivity contribution is 0.452. The van der Waals surface area contributed by atoms with Crippen molar-refractivity contribution in [3.8, 4) is 29.7 Å². The molecule has 2 N–H and O–H groups in total. The average molecular weight is 444 g/mol. The summed E-state index contributed by atoms with van der Waals surface area (Å²) in [4.78, 5) is 38.3. The molecule has 0 fully saturated rings. The summed E-state index contributed by atoms with van der Waals surface area (Å²) in [7, 11) is 0. The summed E-state index contributed by atoms with van der Waals surface area (Å²) in [5.41, 5.74) is -6.25. The zero-order valence-corrected chi connectivity index (χ0v) is 15.3. The van der Waals surface area contributed by atoms with E-state index in [0.29, 0.717) is 4.68 Å². The molecule has 2 heterocycles. The molecule has 29 heavy (non-hydrogen) atoms. The molecule has 2 aromatic heterocycles. The Labute approximate surface area is 187 Å². The van der Waals surface area contributed by atoms with Crippen LogP contribution in [0.5, 0.6) is 11.6 Å². The molecule has 0 aliphatic carbocycles. The van der Waals surface area contributed by atoms with Gasteiger partial charge in [0, 0.05) is 21.2 Å². The van der Waals surface area contributed by atoms with E-state index in [1.54, 1.807) is 5.10 Å². The molecule has 0 unspecified atom stereocenters. The predicted octanol–water partition coefficient (Wildman–Crippen LogP) is 2.21. The third kappa shape index (κ3) is 4.08. The summed E-state index contributed by atoms with van der Waals surface area (Å²) >= 11 is 12.4. The molecule has 0 saturated carbocycles. The first kappa shape index (κ1) is 11.0. The average Bonchev–Trinajstić information content (AvgIpc) is 2.81. The highest BCUT2D eigenvalue weighted by molar-refractivity contribution is 6.37. The zero-order valence-electron chi connectivity index (χ0n) is 23.8. The molecule has 0 spiro atoms. The van der Waals surface area contributed by atoms with Crippen molar-refractivity contribution in [1.82, 2.24) is 25.0 Å². The van der Waals surface area contributed by atoms with Crippen LogP contribution in [0.1, 0.15) is 44.6 Å². The van der Waals surface area contributed by atoms with Crippen LogP contribution in [-0.2, 0) is 0 Å². The molecule has 0 amide bonds. The predicted molar refractivity (Wildman–Crippen MR) is 107 cm³/mol. The van der Waals surface area contributed by atoms with Crippen molar-refractivity contribution in [2.45, 2.75) is 19.6 Å². The highest BCUT2D eigenvalue weighted by atomic mass is 35.5. The van der Waals surface area contributed by atoms with Crippen molar-refractivity contribution >= 4 is 23.2 Å². The molecule has 0 aliphatic rings. The van der Waals surface area contributed by atoms with E-state index in [9.17, 15) is 14.4 Å². The summed E-state index contributed by atoms with van der Waals surface area (Å²) in [6.45, 7) is -7.26. The maximum atomic E-state index is 12.4. The van der Waals surface area contributed by atoms with Crippen LogP contribution in [0.25, 0.3) is 5.69 Å². The number of benzene rings is 1. The van der Waals surface area contributed by atoms with Crippen molar-refractivity contribution in [3.05, 3.63) is 70.6 Å². The fourth-order valence-electron chi connectivity index (χ4n) is 1.96. The Balaban J connectivity index is 2.29. The molecule has 0 radical (unpaired) electrons. The molecule has 11 heteroatoms. The maximum Gasteiger partial charge on any atom is 0.349 e. The Kier molecular flexibility index (Phi) is 3.01. The van der Waals surface area contributed by atoms with Gasteiger partial charge in [0.2, 0.25) is 5.88 Å². The number of H-pyrrole nitrogens is 2. The van der Waals surface area contributed by atoms with E-state index < -0.39 is 93.2 Å². The van der Waals surface area contributed by atoms with Gasteiger partial charge in [-0.1, -0.05) is 36.9 Å². The number of hydrogen-bond acceptors (Lipinski definition) is 6. The minimum Gasteiger partial charge on any atom is -0.434 e. The van der Waals surface area contributed by atoms with E-state index in [2.05, 4.69) is 10.2 Å². The largest absolute Gasteiger partial charge is 0.434 e. The van der Waals surface area contributed by atoms with Gasteiger partial charge in [-0.05, 0) is 23.9 Å². The molecule has 3 aromatic rings. The Hall–Kier alpha value is -3.35. The van der Waals surface area contributed by atoms with Crippen LogP contribution in [0.3, 0.4) is 0 Å². The molecule has 148 valence electrons. The summed E-state index contributed by atoms with van der Waals surface area (Å²) in [5.74, 6) is -3.42. The molecular weight excluding hydrogens is 421 g/mol. The van der Waals surface area contributed by atoms with Gasteiger partial charge in [0.1, 0.15) is 0 Å². The van der Waals surface area contributed by atoms with E-state index in [1.165, 1.54) is 0 Å². The first-order valence-electron chi connectivity index (χ1n) is 12.3. The number of terminal acetylenes is 1. The van der Waals surface area contributed by atoms with Crippen LogP contribution in [0.4, 0.5) is 0 Å². The Morgan fingerprint density at radius 1 is 1.28 bits per heavy atom. The topological polar surface area (TPSA) is 123 Å². The van der Waals surface area contributed by atoms with Gasteiger partial charge in [0.25, 0.3) is 11.1 Å². The van der Waals surface area contributed by atoms with E-state index in [0.717, 1.165) is 0 Å². The van der Waals surface area contributed by atoms with E-state index in [-0.39, 0.29) is 0 Å². The lowest BCUT2D eigenvalue weighted by atomic mass is 10.1. The van der Waals surface area contributed by atoms with Gasteiger partial charge in [-0.15, -0.1) is 16.6 Å². The number of aromatic nitrogens is 5. The highest BCUT2D eigenvalue weighted by Crippen LogP contribution is 2.37. The molecule has 0 saturated heterocycles. The van der Waals surface area contributed by atoms with E-state index in [4.69, 9.17) is 48.1 Å². The quantitative estimate of drug-likeness (QED) is 0.595. The van der Waals surface area contributed by atoms with Crippen molar-refractivity contribution in [2.75, 3.05) is 0 Å². The molecule has 0 bridgehead atoms. The normalized spacial score (nSPS) is 17.0. The number of ether oxygens (including phenoxy) is 1. The lowest BCUT2D eigenvalue weighted by Gasteiger charge is -2.12. The summed E-state index contributed by atoms with van der Waals surface area (Å²) in [6.07, 6.45) is 5.17. The molecule has 0 atom stereocenters. The van der Waals surface area contributed by atoms with Crippen LogP contribution < -0.4 is 21.5 Å². The standard InChI is InChI=1S/C18H13Cl2N5O4/c1-4-13-17(27)21-18(28)25(24-13)9-5-11(19)15(12(20)6-9)29-14-7-10(8(2)3)16(26)23-22-14/h1,5-8H,2-3H3,(H,23,26)(H,21,27,28)/i2D3,3D3,5D,6D,7D,8D. The zero-order chi connectivity index (χ0) is 29.8. The summed E-state index contributed by atoms with van der Waals surface area (Å²) in [6, 6.07) is -2.86. The Morgan fingerprint density at radius 3 is 2.59 bits per heavy atom. The van der Waals surface area contributed by atoms with Crippen molar-refractivity contribution < 1.29 is 18.4 Å². The van der Waals surface area contributed by atoms with Crippen LogP contribution in [0, 0.1) is 12.3 Å². The highest BCUT2D eigenvalue weighted by Gasteiger charge is 2.16. The number of nitrogens with one attached hydrogen (secondary N) is 2. The summed E-state index contributed by atoms with van der Waals surface area (Å²) in [5, 5.41) is 7.33. The third-order valence-electron chi connectivity index (χ3n) is 3.20. The maximum absolute atomic E-state index is 12.4. The summed E-state index contributed by atoms with van der Waals surface area (Å²) < 4.78 is 84.3. The van der Waals surface area contributed by atoms with Crippen LogP contribution in [-0.4, -0.2) is 25.0 Å². The second-order valence-electron chi connectivity index (χ2n) is 5.05. The van der Waals surface area contributed by atoms with Gasteiger partial charge in [-0.25, -0.2) is 9.89 Å². The van der Waals surface area contributed by atoms with Crippen LogP contribution in [0.15, 0.2) is 32.5 Å². The number of aromatic amines is 2. The van der Waals surface area contributed by atoms with E-state index >= 15 is 0 Å². The minimum atomic E-state index is -3.63. The molecule has 3 rings (SSSR count). The second-order valence-corrected chi connectivity index (χ2v) is 5.81. The van der Waals surface area contributed by atoms with Gasteiger partial charge in [-0.2, -0.15) is 4.68 Å².